The van der Waals surface area contributed by atoms with Crippen LogP contribution in [0.2, 0.25) is 0 Å². The highest BCUT2D eigenvalue weighted by Gasteiger charge is 2.57. The van der Waals surface area contributed by atoms with Crippen LogP contribution in [0.5, 0.6) is 0 Å². The summed E-state index contributed by atoms with van der Waals surface area (Å²) in [5, 5.41) is 10.4. The minimum Gasteiger partial charge on any atom is -0.386 e. The van der Waals surface area contributed by atoms with E-state index in [9.17, 15) is 14.7 Å². The number of aromatic nitrogens is 2. The van der Waals surface area contributed by atoms with Crippen LogP contribution in [0.3, 0.4) is 0 Å². The molecule has 4 N–H and O–H groups in total. The molecule has 12 heteroatoms. The molecular weight excluding hydrogens is 363 g/mol. The van der Waals surface area contributed by atoms with Crippen LogP contribution in [0, 0.1) is 12.3 Å². The van der Waals surface area contributed by atoms with Crippen molar-refractivity contribution in [1.82, 2.24) is 9.55 Å². The number of nitrogens with zero attached hydrogens (tertiary/aromatic N) is 1. The summed E-state index contributed by atoms with van der Waals surface area (Å²) in [6.45, 7) is -4.47. The van der Waals surface area contributed by atoms with Gasteiger partial charge in [-0.15, -0.1) is 6.42 Å². The molecule has 2 rings (SSSR count). The summed E-state index contributed by atoms with van der Waals surface area (Å²) >= 11 is 4.33. The average Bonchev–Trinajstić information content (AvgIpc) is 2.77. The van der Waals surface area contributed by atoms with Crippen molar-refractivity contribution in [3.05, 3.63) is 33.1 Å². The molecule has 1 aliphatic rings. The maximum Gasteiger partial charge on any atom is 0.330 e. The van der Waals surface area contributed by atoms with Crippen molar-refractivity contribution in [1.29, 1.82) is 0 Å². The summed E-state index contributed by atoms with van der Waals surface area (Å²) in [5.41, 5.74) is -3.23. The number of aromatic amines is 1. The normalized spacial score (nSPS) is 30.2. The van der Waals surface area contributed by atoms with Crippen LogP contribution in [0.15, 0.2) is 21.9 Å². The molecule has 10 nitrogen and oxygen atoms in total. The predicted octanol–water partition coefficient (Wildman–Crippen LogP) is -1.96. The number of nitrogens with one attached hydrogen (secondary N) is 1. The van der Waals surface area contributed by atoms with Crippen molar-refractivity contribution < 1.29 is 28.9 Å². The topological polar surface area (TPSA) is 143 Å². The summed E-state index contributed by atoms with van der Waals surface area (Å²) in [7, 11) is 1.21. The zero-order valence-corrected chi connectivity index (χ0v) is 14.1. The van der Waals surface area contributed by atoms with E-state index in [0.717, 1.165) is 16.8 Å². The average molecular weight is 378 g/mol. The van der Waals surface area contributed by atoms with Gasteiger partial charge in [-0.3, -0.25) is 14.3 Å². The second-order valence-corrected chi connectivity index (χ2v) is 7.58. The van der Waals surface area contributed by atoms with Gasteiger partial charge in [-0.2, -0.15) is 0 Å². The highest BCUT2D eigenvalue weighted by Crippen LogP contribution is 2.43. The molecule has 0 aliphatic carbocycles. The minimum absolute atomic E-state index is 0.493. The van der Waals surface area contributed by atoms with Crippen LogP contribution in [-0.2, 0) is 25.8 Å². The van der Waals surface area contributed by atoms with Gasteiger partial charge in [0.05, 0.1) is 6.61 Å². The van der Waals surface area contributed by atoms with Gasteiger partial charge >= 0.3 is 12.4 Å². The monoisotopic (exact) mass is 378 g/mol. The van der Waals surface area contributed by atoms with E-state index in [0.29, 0.717) is 0 Å². The Morgan fingerprint density at radius 3 is 2.75 bits per heavy atom. The third-order valence-electron chi connectivity index (χ3n) is 3.54. The number of methoxy groups -OCH3 is 1. The Labute approximate surface area is 140 Å². The maximum absolute atomic E-state index is 12.0. The van der Waals surface area contributed by atoms with Gasteiger partial charge in [0.2, 0.25) is 5.60 Å². The minimum atomic E-state index is -3.98. The lowest BCUT2D eigenvalue weighted by Gasteiger charge is -2.30. The van der Waals surface area contributed by atoms with Crippen LogP contribution >= 0.6 is 6.72 Å². The van der Waals surface area contributed by atoms with E-state index in [-0.39, 0.29) is 0 Å². The molecule has 24 heavy (non-hydrogen) atoms. The molecule has 1 aromatic rings. The number of hydrogen-bond donors (Lipinski definition) is 4. The smallest absolute Gasteiger partial charge is 0.330 e. The van der Waals surface area contributed by atoms with Crippen molar-refractivity contribution in [3.63, 3.8) is 0 Å². The van der Waals surface area contributed by atoms with E-state index < -0.39 is 48.6 Å². The van der Waals surface area contributed by atoms with Crippen molar-refractivity contribution in [2.75, 3.05) is 13.7 Å². The summed E-state index contributed by atoms with van der Waals surface area (Å²) in [6.07, 6.45) is 2.67. The van der Waals surface area contributed by atoms with Crippen LogP contribution < -0.4 is 11.2 Å². The van der Waals surface area contributed by atoms with Crippen molar-refractivity contribution >= 4 is 18.5 Å². The number of terminal acetylenes is 1. The molecule has 1 unspecified atom stereocenters. The molecule has 132 valence electrons. The maximum atomic E-state index is 12.0. The quantitative estimate of drug-likeness (QED) is 0.339. The molecule has 2 heterocycles. The van der Waals surface area contributed by atoms with Crippen molar-refractivity contribution in [2.45, 2.75) is 24.0 Å². The predicted molar refractivity (Wildman–Crippen MR) is 84.5 cm³/mol. The SMILES string of the molecule is C#C[C@]1(OC)C(n2ccc(=O)[nH]c2=O)O[C@H](COP(O)(O)=S)[C@H]1O. The molecule has 0 spiro atoms. The molecule has 0 bridgehead atoms. The number of rotatable bonds is 5. The third-order valence-corrected chi connectivity index (χ3v) is 4.34. The Morgan fingerprint density at radius 1 is 1.58 bits per heavy atom. The number of aliphatic hydroxyl groups excluding tert-OH is 1. The van der Waals surface area contributed by atoms with Crippen LogP contribution in [0.1, 0.15) is 6.23 Å². The lowest BCUT2D eigenvalue weighted by Crippen LogP contribution is -2.49. The van der Waals surface area contributed by atoms with Crippen LogP contribution in [0.25, 0.3) is 0 Å². The van der Waals surface area contributed by atoms with E-state index in [1.54, 1.807) is 0 Å². The third kappa shape index (κ3) is 3.51. The fraction of sp³-hybridized carbons (Fsp3) is 0.500. The first-order valence-corrected chi connectivity index (χ1v) is 9.15. The van der Waals surface area contributed by atoms with E-state index in [2.05, 4.69) is 22.3 Å². The van der Waals surface area contributed by atoms with Crippen molar-refractivity contribution in [3.8, 4) is 12.3 Å². The first-order valence-electron chi connectivity index (χ1n) is 6.52. The van der Waals surface area contributed by atoms with E-state index in [4.69, 9.17) is 25.7 Å². The van der Waals surface area contributed by atoms with E-state index in [1.165, 1.54) is 7.11 Å². The molecule has 0 amide bonds. The van der Waals surface area contributed by atoms with E-state index >= 15 is 0 Å². The number of aliphatic hydroxyl groups is 1. The standard InChI is InChI=1S/C12H15N2O8PS/c1-3-12(20-2)9(16)7(6-21-23(18,19)24)22-10(12)14-5-4-8(15)13-11(14)17/h1,4-5,7,9-10,16H,6H2,2H3,(H,13,15,17)(H2,18,19,24)/t7-,9-,10?,12-/m1/s1. The largest absolute Gasteiger partial charge is 0.386 e. The van der Waals surface area contributed by atoms with Crippen LogP contribution in [-0.4, -0.2) is 56.0 Å². The van der Waals surface area contributed by atoms with Gasteiger partial charge in [0, 0.05) is 19.4 Å². The molecule has 1 aliphatic heterocycles. The van der Waals surface area contributed by atoms with Gasteiger partial charge in [0.15, 0.2) is 6.23 Å². The van der Waals surface area contributed by atoms with E-state index in [1.807, 2.05) is 4.98 Å². The van der Waals surface area contributed by atoms with Gasteiger partial charge in [0.1, 0.15) is 12.2 Å². The molecule has 1 aromatic heterocycles. The van der Waals surface area contributed by atoms with Gasteiger partial charge in [-0.25, -0.2) is 4.79 Å². The number of H-pyrrole nitrogens is 1. The highest BCUT2D eigenvalue weighted by molar-refractivity contribution is 8.06. The summed E-state index contributed by atoms with van der Waals surface area (Å²) in [6, 6.07) is 1.07. The fourth-order valence-corrected chi connectivity index (χ4v) is 2.91. The summed E-state index contributed by atoms with van der Waals surface area (Å²) in [5.74, 6) is 2.25. The van der Waals surface area contributed by atoms with Crippen molar-refractivity contribution in [2.24, 2.45) is 0 Å². The fourth-order valence-electron chi connectivity index (χ4n) is 2.39. The Hall–Kier alpha value is -1.35. The zero-order chi connectivity index (χ0) is 18.1. The lowest BCUT2D eigenvalue weighted by molar-refractivity contribution is -0.0962. The second kappa shape index (κ2) is 6.87. The molecular formula is C12H15N2O8PS. The van der Waals surface area contributed by atoms with Crippen LogP contribution in [0.4, 0.5) is 0 Å². The highest BCUT2D eigenvalue weighted by atomic mass is 32.5. The molecule has 0 saturated carbocycles. The van der Waals surface area contributed by atoms with Gasteiger partial charge in [-0.05, 0) is 11.8 Å². The number of ether oxygens (including phenoxy) is 2. The Morgan fingerprint density at radius 2 is 2.25 bits per heavy atom. The second-order valence-electron chi connectivity index (χ2n) is 4.92. The molecule has 4 atom stereocenters. The Bertz CT molecular complexity index is 810. The Kier molecular flexibility index (Phi) is 5.44. The zero-order valence-electron chi connectivity index (χ0n) is 12.4. The van der Waals surface area contributed by atoms with Gasteiger partial charge in [0.25, 0.3) is 5.56 Å². The summed E-state index contributed by atoms with van der Waals surface area (Å²) in [4.78, 5) is 43.4. The number of hydrogen-bond acceptors (Lipinski definition) is 7. The molecule has 1 saturated heterocycles. The lowest BCUT2D eigenvalue weighted by atomic mass is 9.94. The van der Waals surface area contributed by atoms with Gasteiger partial charge in [-0.1, -0.05) is 5.92 Å². The molecule has 1 fully saturated rings. The first kappa shape index (κ1) is 19.0. The Balaban J connectivity index is 2.42. The first-order chi connectivity index (χ1) is 11.1. The molecule has 0 radical (unpaired) electrons. The molecule has 0 aromatic carbocycles. The summed E-state index contributed by atoms with van der Waals surface area (Å²) < 4.78 is 16.4. The van der Waals surface area contributed by atoms with Gasteiger partial charge < -0.3 is 28.9 Å².